The van der Waals surface area contributed by atoms with E-state index in [2.05, 4.69) is 50.2 Å². The lowest BCUT2D eigenvalue weighted by molar-refractivity contribution is -0.0939. The molecule has 1 saturated heterocycles. The van der Waals surface area contributed by atoms with Crippen molar-refractivity contribution >= 4 is 29.9 Å². The third kappa shape index (κ3) is 6.67. The summed E-state index contributed by atoms with van der Waals surface area (Å²) >= 11 is 0. The van der Waals surface area contributed by atoms with Crippen LogP contribution in [-0.2, 0) is 4.74 Å². The summed E-state index contributed by atoms with van der Waals surface area (Å²) in [6, 6.07) is 0.597. The lowest BCUT2D eigenvalue weighted by atomic mass is 10.0. The summed E-state index contributed by atoms with van der Waals surface area (Å²) in [7, 11) is 0. The van der Waals surface area contributed by atoms with E-state index < -0.39 is 0 Å². The van der Waals surface area contributed by atoms with Crippen LogP contribution in [0, 0.1) is 0 Å². The molecule has 1 aliphatic heterocycles. The summed E-state index contributed by atoms with van der Waals surface area (Å²) < 4.78 is 5.86. The van der Waals surface area contributed by atoms with Gasteiger partial charge in [-0.25, -0.2) is 0 Å². The van der Waals surface area contributed by atoms with Crippen LogP contribution in [0.1, 0.15) is 60.3 Å². The van der Waals surface area contributed by atoms with Gasteiger partial charge in [-0.15, -0.1) is 24.0 Å². The molecule has 6 heteroatoms. The third-order valence-corrected chi connectivity index (χ3v) is 4.94. The van der Waals surface area contributed by atoms with Crippen LogP contribution in [0.3, 0.4) is 0 Å². The summed E-state index contributed by atoms with van der Waals surface area (Å²) in [6.07, 6.45) is 5.82. The Labute approximate surface area is 165 Å². The van der Waals surface area contributed by atoms with E-state index in [0.717, 1.165) is 32.1 Å². The van der Waals surface area contributed by atoms with Crippen molar-refractivity contribution in [1.82, 2.24) is 15.5 Å². The average Bonchev–Trinajstić information content (AvgIpc) is 2.97. The Morgan fingerprint density at radius 2 is 1.75 bits per heavy atom. The zero-order chi connectivity index (χ0) is 16.9. The van der Waals surface area contributed by atoms with Crippen molar-refractivity contribution in [3.05, 3.63) is 0 Å². The average molecular weight is 452 g/mol. The smallest absolute Gasteiger partial charge is 0.191 e. The van der Waals surface area contributed by atoms with Gasteiger partial charge in [0, 0.05) is 31.2 Å². The van der Waals surface area contributed by atoms with E-state index in [9.17, 15) is 0 Å². The monoisotopic (exact) mass is 452 g/mol. The molecule has 1 aliphatic carbocycles. The Bertz CT molecular complexity index is 386. The number of halogens is 1. The molecule has 5 nitrogen and oxygen atoms in total. The van der Waals surface area contributed by atoms with Crippen LogP contribution >= 0.6 is 24.0 Å². The van der Waals surface area contributed by atoms with Gasteiger partial charge in [-0.3, -0.25) is 9.89 Å². The minimum atomic E-state index is 0. The maximum atomic E-state index is 5.86. The Balaban J connectivity index is 0.00000288. The molecule has 2 atom stereocenters. The number of hydrogen-bond donors (Lipinski definition) is 2. The minimum absolute atomic E-state index is 0. The molecule has 1 saturated carbocycles. The van der Waals surface area contributed by atoms with Crippen molar-refractivity contribution in [2.24, 2.45) is 4.99 Å². The third-order valence-electron chi connectivity index (χ3n) is 4.94. The van der Waals surface area contributed by atoms with Gasteiger partial charge >= 0.3 is 0 Å². The normalized spacial score (nSPS) is 27.0. The first-order valence-electron chi connectivity index (χ1n) is 9.36. The van der Waals surface area contributed by atoms with Gasteiger partial charge < -0.3 is 15.4 Å². The van der Waals surface area contributed by atoms with E-state index in [1.807, 2.05) is 0 Å². The topological polar surface area (TPSA) is 48.9 Å². The SMILES string of the molecule is CCNC(=NCC(C)(C)N1CC(C)OC(C)C1)NC1CCCC1.I. The van der Waals surface area contributed by atoms with Crippen LogP contribution in [0.4, 0.5) is 0 Å². The first kappa shape index (κ1) is 22.0. The van der Waals surface area contributed by atoms with Crippen LogP contribution in [0.15, 0.2) is 4.99 Å². The van der Waals surface area contributed by atoms with Crippen LogP contribution in [0.5, 0.6) is 0 Å². The Morgan fingerprint density at radius 1 is 1.17 bits per heavy atom. The molecule has 1 heterocycles. The molecule has 0 aromatic rings. The Hall–Kier alpha value is -0.0800. The van der Waals surface area contributed by atoms with Gasteiger partial charge in [0.2, 0.25) is 0 Å². The number of ether oxygens (including phenoxy) is 1. The molecule has 0 aromatic carbocycles. The van der Waals surface area contributed by atoms with Crippen LogP contribution in [-0.4, -0.2) is 60.8 Å². The van der Waals surface area contributed by atoms with E-state index in [4.69, 9.17) is 9.73 Å². The fourth-order valence-corrected chi connectivity index (χ4v) is 3.63. The number of morpholine rings is 1. The molecule has 2 fully saturated rings. The van der Waals surface area contributed by atoms with E-state index in [-0.39, 0.29) is 29.5 Å². The molecule has 0 bridgehead atoms. The summed E-state index contributed by atoms with van der Waals surface area (Å²) in [5.41, 5.74) is 0.0460. The van der Waals surface area contributed by atoms with E-state index >= 15 is 0 Å². The van der Waals surface area contributed by atoms with Gasteiger partial charge in [0.05, 0.1) is 18.8 Å². The predicted octanol–water partition coefficient (Wildman–Crippen LogP) is 2.99. The molecule has 2 N–H and O–H groups in total. The van der Waals surface area contributed by atoms with Gasteiger partial charge in [-0.2, -0.15) is 0 Å². The summed E-state index contributed by atoms with van der Waals surface area (Å²) in [6.45, 7) is 14.7. The van der Waals surface area contributed by atoms with Gasteiger partial charge in [-0.05, 0) is 47.5 Å². The highest BCUT2D eigenvalue weighted by Crippen LogP contribution is 2.22. The van der Waals surface area contributed by atoms with Crippen LogP contribution in [0.25, 0.3) is 0 Å². The molecular weight excluding hydrogens is 415 g/mol. The van der Waals surface area contributed by atoms with Crippen LogP contribution in [0.2, 0.25) is 0 Å². The first-order chi connectivity index (χ1) is 10.9. The van der Waals surface area contributed by atoms with Gasteiger partial charge in [-0.1, -0.05) is 12.8 Å². The molecule has 0 spiro atoms. The standard InChI is InChI=1S/C18H36N4O.HI/c1-6-19-17(21-16-9-7-8-10-16)20-13-18(4,5)22-11-14(2)23-15(3)12-22;/h14-16H,6-13H2,1-5H3,(H2,19,20,21);1H. The van der Waals surface area contributed by atoms with Gasteiger partial charge in [0.15, 0.2) is 5.96 Å². The maximum Gasteiger partial charge on any atom is 0.191 e. The van der Waals surface area contributed by atoms with E-state index in [1.165, 1.54) is 25.7 Å². The van der Waals surface area contributed by atoms with Crippen molar-refractivity contribution in [3.8, 4) is 0 Å². The van der Waals surface area contributed by atoms with Gasteiger partial charge in [0.1, 0.15) is 0 Å². The fraction of sp³-hybridized carbons (Fsp3) is 0.944. The first-order valence-corrected chi connectivity index (χ1v) is 9.36. The molecule has 2 rings (SSSR count). The maximum absolute atomic E-state index is 5.86. The summed E-state index contributed by atoms with van der Waals surface area (Å²) in [5, 5.41) is 7.00. The van der Waals surface area contributed by atoms with Gasteiger partial charge in [0.25, 0.3) is 0 Å². The second-order valence-corrected chi connectivity index (χ2v) is 7.80. The van der Waals surface area contributed by atoms with Crippen molar-refractivity contribution in [2.75, 3.05) is 26.2 Å². The number of nitrogens with one attached hydrogen (secondary N) is 2. The quantitative estimate of drug-likeness (QED) is 0.383. The molecular formula is C18H37IN4O. The zero-order valence-electron chi connectivity index (χ0n) is 16.1. The number of aliphatic imine (C=N–C) groups is 1. The van der Waals surface area contributed by atoms with Crippen molar-refractivity contribution in [1.29, 1.82) is 0 Å². The minimum Gasteiger partial charge on any atom is -0.373 e. The molecule has 2 unspecified atom stereocenters. The predicted molar refractivity (Wildman–Crippen MR) is 112 cm³/mol. The second kappa shape index (κ2) is 10.2. The Kier molecular flexibility index (Phi) is 9.30. The molecule has 0 amide bonds. The largest absolute Gasteiger partial charge is 0.373 e. The highest BCUT2D eigenvalue weighted by atomic mass is 127. The fourth-order valence-electron chi connectivity index (χ4n) is 3.63. The van der Waals surface area contributed by atoms with Crippen molar-refractivity contribution in [2.45, 2.75) is 84.1 Å². The lowest BCUT2D eigenvalue weighted by Crippen LogP contribution is -2.56. The van der Waals surface area contributed by atoms with Crippen LogP contribution < -0.4 is 10.6 Å². The molecule has 24 heavy (non-hydrogen) atoms. The lowest BCUT2D eigenvalue weighted by Gasteiger charge is -2.44. The highest BCUT2D eigenvalue weighted by Gasteiger charge is 2.33. The molecule has 0 radical (unpaired) electrons. The number of hydrogen-bond acceptors (Lipinski definition) is 3. The zero-order valence-corrected chi connectivity index (χ0v) is 18.4. The number of nitrogens with zero attached hydrogens (tertiary/aromatic N) is 2. The highest BCUT2D eigenvalue weighted by molar-refractivity contribution is 14.0. The Morgan fingerprint density at radius 3 is 2.29 bits per heavy atom. The number of guanidine groups is 1. The summed E-state index contributed by atoms with van der Waals surface area (Å²) in [4.78, 5) is 7.41. The molecule has 2 aliphatic rings. The van der Waals surface area contributed by atoms with Crippen molar-refractivity contribution < 1.29 is 4.74 Å². The van der Waals surface area contributed by atoms with E-state index in [1.54, 1.807) is 0 Å². The summed E-state index contributed by atoms with van der Waals surface area (Å²) in [5.74, 6) is 0.974. The molecule has 142 valence electrons. The second-order valence-electron chi connectivity index (χ2n) is 7.80. The van der Waals surface area contributed by atoms with Crippen molar-refractivity contribution in [3.63, 3.8) is 0 Å². The number of rotatable bonds is 5. The van der Waals surface area contributed by atoms with E-state index in [0.29, 0.717) is 18.2 Å². The molecule has 0 aromatic heterocycles.